The van der Waals surface area contributed by atoms with Crippen molar-refractivity contribution < 1.29 is 21.9 Å². The lowest BCUT2D eigenvalue weighted by Crippen LogP contribution is -2.13. The molecule has 0 saturated carbocycles. The molecule has 0 spiro atoms. The Kier molecular flexibility index (Phi) is 5.27. The molecule has 2 aromatic rings. The van der Waals surface area contributed by atoms with Gasteiger partial charge in [0.15, 0.2) is 5.01 Å². The number of alkyl halides is 2. The lowest BCUT2D eigenvalue weighted by Gasteiger charge is -2.08. The Morgan fingerprint density at radius 1 is 1.36 bits per heavy atom. The molecule has 0 aliphatic carbocycles. The summed E-state index contributed by atoms with van der Waals surface area (Å²) < 4.78 is 56.3. The van der Waals surface area contributed by atoms with E-state index in [0.29, 0.717) is 16.9 Å². The summed E-state index contributed by atoms with van der Waals surface area (Å²) in [6.45, 7) is 0.178. The Bertz CT molecular complexity index is 768. The Morgan fingerprint density at radius 2 is 2.09 bits per heavy atom. The number of hydrogen-bond donors (Lipinski definition) is 1. The fourth-order valence-corrected chi connectivity index (χ4v) is 3.81. The van der Waals surface area contributed by atoms with Gasteiger partial charge in [-0.3, -0.25) is 4.72 Å². The maximum atomic E-state index is 12.4. The van der Waals surface area contributed by atoms with E-state index in [9.17, 15) is 17.2 Å². The fraction of sp³-hybridized carbons (Fsp3) is 0.273. The van der Waals surface area contributed by atoms with E-state index in [1.807, 2.05) is 0 Å². The molecule has 1 aromatic heterocycles. The van der Waals surface area contributed by atoms with Crippen molar-refractivity contribution >= 4 is 38.1 Å². The molecule has 11 heteroatoms. The van der Waals surface area contributed by atoms with Crippen LogP contribution in [0.5, 0.6) is 0 Å². The number of nitrogens with one attached hydrogen (secondary N) is 1. The van der Waals surface area contributed by atoms with Crippen LogP contribution in [0.2, 0.25) is 5.02 Å². The van der Waals surface area contributed by atoms with E-state index in [2.05, 4.69) is 14.9 Å². The van der Waals surface area contributed by atoms with Crippen molar-refractivity contribution in [3.05, 3.63) is 33.8 Å². The second kappa shape index (κ2) is 6.82. The first-order chi connectivity index (χ1) is 10.3. The van der Waals surface area contributed by atoms with Crippen LogP contribution < -0.4 is 4.72 Å². The molecule has 0 aliphatic heterocycles. The molecule has 0 unspecified atom stereocenters. The monoisotopic (exact) mass is 369 g/mol. The van der Waals surface area contributed by atoms with Crippen molar-refractivity contribution in [1.29, 1.82) is 0 Å². The van der Waals surface area contributed by atoms with Crippen LogP contribution in [0.25, 0.3) is 0 Å². The Balaban J connectivity index is 2.29. The van der Waals surface area contributed by atoms with Crippen LogP contribution in [0.1, 0.15) is 17.0 Å². The third kappa shape index (κ3) is 4.09. The zero-order valence-corrected chi connectivity index (χ0v) is 13.5. The second-order valence-electron chi connectivity index (χ2n) is 4.08. The number of hydrogen-bond acceptors (Lipinski definition) is 6. The smallest absolute Gasteiger partial charge is 0.291 e. The maximum Gasteiger partial charge on any atom is 0.291 e. The van der Waals surface area contributed by atoms with Crippen molar-refractivity contribution in [2.75, 3.05) is 11.8 Å². The van der Waals surface area contributed by atoms with Gasteiger partial charge in [0, 0.05) is 12.1 Å². The normalized spacial score (nSPS) is 11.9. The minimum atomic E-state index is -4.02. The van der Waals surface area contributed by atoms with Gasteiger partial charge in [0.05, 0.1) is 11.5 Å². The SMILES string of the molecule is COCc1cc(Cl)cc(S(=O)(=O)Nc2nnc(C(F)F)s2)c1. The second-order valence-corrected chi connectivity index (χ2v) is 7.21. The standard InChI is InChI=1S/C11H10ClF2N3O3S2/c1-20-5-6-2-7(12)4-8(3-6)22(18,19)17-11-16-15-10(21-11)9(13)14/h2-4,9H,5H2,1H3,(H,16,17). The first-order valence-electron chi connectivity index (χ1n) is 5.74. The number of benzene rings is 1. The van der Waals surface area contributed by atoms with E-state index in [1.165, 1.54) is 19.2 Å². The van der Waals surface area contributed by atoms with Crippen molar-refractivity contribution in [3.8, 4) is 0 Å². The topological polar surface area (TPSA) is 81.2 Å². The lowest BCUT2D eigenvalue weighted by atomic mass is 10.2. The number of anilines is 1. The van der Waals surface area contributed by atoms with Crippen LogP contribution in [-0.4, -0.2) is 25.7 Å². The molecule has 1 heterocycles. The zero-order valence-electron chi connectivity index (χ0n) is 11.1. The van der Waals surface area contributed by atoms with Crippen LogP contribution in [-0.2, 0) is 21.4 Å². The van der Waals surface area contributed by atoms with E-state index in [0.717, 1.165) is 0 Å². The summed E-state index contributed by atoms with van der Waals surface area (Å²) in [6, 6.07) is 4.16. The van der Waals surface area contributed by atoms with E-state index >= 15 is 0 Å². The number of sulfonamides is 1. The van der Waals surface area contributed by atoms with Gasteiger partial charge >= 0.3 is 0 Å². The molecule has 1 aromatic carbocycles. The van der Waals surface area contributed by atoms with Gasteiger partial charge in [-0.2, -0.15) is 0 Å². The molecule has 120 valence electrons. The average molecular weight is 370 g/mol. The van der Waals surface area contributed by atoms with Gasteiger partial charge < -0.3 is 4.74 Å². The minimum Gasteiger partial charge on any atom is -0.380 e. The molecule has 0 saturated heterocycles. The van der Waals surface area contributed by atoms with Gasteiger partial charge in [0.25, 0.3) is 16.4 Å². The average Bonchev–Trinajstić information content (AvgIpc) is 2.86. The van der Waals surface area contributed by atoms with E-state index in [4.69, 9.17) is 16.3 Å². The number of nitrogens with zero attached hydrogens (tertiary/aromatic N) is 2. The maximum absolute atomic E-state index is 12.4. The van der Waals surface area contributed by atoms with Crippen molar-refractivity contribution in [1.82, 2.24) is 10.2 Å². The molecule has 0 atom stereocenters. The number of methoxy groups -OCH3 is 1. The summed E-state index contributed by atoms with van der Waals surface area (Å²) in [7, 11) is -2.56. The number of ether oxygens (including phenoxy) is 1. The third-order valence-electron chi connectivity index (χ3n) is 2.40. The number of aromatic nitrogens is 2. The molecule has 0 aliphatic rings. The molecule has 22 heavy (non-hydrogen) atoms. The largest absolute Gasteiger partial charge is 0.380 e. The third-order valence-corrected chi connectivity index (χ3v) is 4.91. The summed E-state index contributed by atoms with van der Waals surface area (Å²) in [5, 5.41) is 5.97. The Morgan fingerprint density at radius 3 is 2.68 bits per heavy atom. The summed E-state index contributed by atoms with van der Waals surface area (Å²) in [6.07, 6.45) is -2.81. The molecule has 1 N–H and O–H groups in total. The summed E-state index contributed by atoms with van der Waals surface area (Å²) in [5.41, 5.74) is 0.556. The van der Waals surface area contributed by atoms with E-state index in [-0.39, 0.29) is 21.7 Å². The van der Waals surface area contributed by atoms with Gasteiger partial charge in [-0.25, -0.2) is 17.2 Å². The summed E-state index contributed by atoms with van der Waals surface area (Å²) in [4.78, 5) is -0.124. The zero-order chi connectivity index (χ0) is 16.3. The Hall–Kier alpha value is -1.36. The molecule has 0 radical (unpaired) electrons. The van der Waals surface area contributed by atoms with E-state index in [1.54, 1.807) is 6.07 Å². The summed E-state index contributed by atoms with van der Waals surface area (Å²) in [5.74, 6) is 0. The van der Waals surface area contributed by atoms with Gasteiger partial charge in [-0.1, -0.05) is 22.9 Å². The molecule has 2 rings (SSSR count). The lowest BCUT2D eigenvalue weighted by molar-refractivity contribution is 0.150. The van der Waals surface area contributed by atoms with Gasteiger partial charge in [0.1, 0.15) is 0 Å². The molecule has 0 fully saturated rings. The molecule has 6 nitrogen and oxygen atoms in total. The highest BCUT2D eigenvalue weighted by Gasteiger charge is 2.20. The highest BCUT2D eigenvalue weighted by molar-refractivity contribution is 7.93. The molecule has 0 amide bonds. The van der Waals surface area contributed by atoms with Gasteiger partial charge in [-0.15, -0.1) is 10.2 Å². The highest BCUT2D eigenvalue weighted by atomic mass is 35.5. The van der Waals surface area contributed by atoms with Crippen LogP contribution in [0.15, 0.2) is 23.1 Å². The number of halogens is 3. The predicted molar refractivity (Wildman–Crippen MR) is 77.8 cm³/mol. The number of rotatable bonds is 6. The molecular weight excluding hydrogens is 360 g/mol. The van der Waals surface area contributed by atoms with E-state index < -0.39 is 21.5 Å². The van der Waals surface area contributed by atoms with Crippen molar-refractivity contribution in [2.45, 2.75) is 17.9 Å². The Labute approximate surface area is 134 Å². The quantitative estimate of drug-likeness (QED) is 0.846. The van der Waals surface area contributed by atoms with Crippen LogP contribution in [0.3, 0.4) is 0 Å². The highest BCUT2D eigenvalue weighted by Crippen LogP contribution is 2.27. The first kappa shape index (κ1) is 17.0. The molecular formula is C11H10ClF2N3O3S2. The van der Waals surface area contributed by atoms with Crippen LogP contribution in [0, 0.1) is 0 Å². The predicted octanol–water partition coefficient (Wildman–Crippen LogP) is 3.08. The van der Waals surface area contributed by atoms with Crippen molar-refractivity contribution in [3.63, 3.8) is 0 Å². The summed E-state index contributed by atoms with van der Waals surface area (Å²) >= 11 is 6.33. The minimum absolute atomic E-state index is 0.124. The van der Waals surface area contributed by atoms with Gasteiger partial charge in [-0.05, 0) is 23.8 Å². The van der Waals surface area contributed by atoms with Crippen LogP contribution >= 0.6 is 22.9 Å². The molecule has 0 bridgehead atoms. The van der Waals surface area contributed by atoms with Gasteiger partial charge in [0.2, 0.25) is 5.13 Å². The van der Waals surface area contributed by atoms with Crippen LogP contribution in [0.4, 0.5) is 13.9 Å². The van der Waals surface area contributed by atoms with Crippen molar-refractivity contribution in [2.24, 2.45) is 0 Å². The first-order valence-corrected chi connectivity index (χ1v) is 8.42. The fourth-order valence-electron chi connectivity index (χ4n) is 1.56.